The van der Waals surface area contributed by atoms with E-state index >= 15 is 0 Å². The lowest BCUT2D eigenvalue weighted by atomic mass is 10.0. The molecular weight excluding hydrogens is 160 g/mol. The van der Waals surface area contributed by atoms with Gasteiger partial charge in [0, 0.05) is 5.56 Å². The third kappa shape index (κ3) is 2.00. The molecule has 0 aromatic heterocycles. The Hall–Kier alpha value is -1.50. The van der Waals surface area contributed by atoms with Gasteiger partial charge in [-0.25, -0.2) is 0 Å². The van der Waals surface area contributed by atoms with E-state index in [1.807, 2.05) is 25.1 Å². The second-order valence-electron chi connectivity index (χ2n) is 2.92. The van der Waals surface area contributed by atoms with Crippen LogP contribution in [0.1, 0.15) is 16.7 Å². The summed E-state index contributed by atoms with van der Waals surface area (Å²) in [5.41, 5.74) is 3.28. The molecule has 13 heavy (non-hydrogen) atoms. The van der Waals surface area contributed by atoms with Crippen LogP contribution in [0.5, 0.6) is 0 Å². The number of methoxy groups -OCH3 is 1. The Bertz CT molecular complexity index is 337. The van der Waals surface area contributed by atoms with Crippen LogP contribution in [0.15, 0.2) is 31.4 Å². The van der Waals surface area contributed by atoms with Crippen molar-refractivity contribution < 1.29 is 4.74 Å². The Morgan fingerprint density at radius 3 is 2.69 bits per heavy atom. The second-order valence-corrected chi connectivity index (χ2v) is 2.92. The standard InChI is InChI=1S/C12H14O/c1-5-11-8-9(2)6-7-12(11)10(3)13-4/h5-8H,1,3H2,2,4H3. The number of hydrogen-bond acceptors (Lipinski definition) is 1. The summed E-state index contributed by atoms with van der Waals surface area (Å²) in [6.07, 6.45) is 1.81. The zero-order valence-corrected chi connectivity index (χ0v) is 8.13. The first-order chi connectivity index (χ1) is 6.19. The van der Waals surface area contributed by atoms with Crippen LogP contribution in [0.4, 0.5) is 0 Å². The molecule has 0 saturated carbocycles. The van der Waals surface area contributed by atoms with E-state index in [9.17, 15) is 0 Å². The van der Waals surface area contributed by atoms with Gasteiger partial charge >= 0.3 is 0 Å². The molecule has 0 aliphatic carbocycles. The lowest BCUT2D eigenvalue weighted by Gasteiger charge is -2.08. The van der Waals surface area contributed by atoms with Crippen molar-refractivity contribution in [3.8, 4) is 0 Å². The van der Waals surface area contributed by atoms with E-state index in [0.717, 1.165) is 11.1 Å². The molecule has 1 heteroatoms. The highest BCUT2D eigenvalue weighted by molar-refractivity contribution is 5.69. The van der Waals surface area contributed by atoms with Crippen molar-refractivity contribution in [3.05, 3.63) is 48.0 Å². The first-order valence-corrected chi connectivity index (χ1v) is 4.15. The Balaban J connectivity index is 3.20. The van der Waals surface area contributed by atoms with Gasteiger partial charge in [-0.15, -0.1) is 0 Å². The molecule has 0 spiro atoms. The monoisotopic (exact) mass is 174 g/mol. The summed E-state index contributed by atoms with van der Waals surface area (Å²) in [6, 6.07) is 6.09. The Morgan fingerprint density at radius 1 is 1.46 bits per heavy atom. The lowest BCUT2D eigenvalue weighted by molar-refractivity contribution is 0.371. The fourth-order valence-corrected chi connectivity index (χ4v) is 1.21. The molecule has 0 aliphatic heterocycles. The molecule has 1 nitrogen and oxygen atoms in total. The summed E-state index contributed by atoms with van der Waals surface area (Å²) in [7, 11) is 1.62. The third-order valence-electron chi connectivity index (χ3n) is 1.97. The van der Waals surface area contributed by atoms with Crippen molar-refractivity contribution in [1.29, 1.82) is 0 Å². The van der Waals surface area contributed by atoms with Gasteiger partial charge < -0.3 is 4.74 Å². The SMILES string of the molecule is C=Cc1cc(C)ccc1C(=C)OC. The van der Waals surface area contributed by atoms with Crippen molar-refractivity contribution in [2.45, 2.75) is 6.92 Å². The van der Waals surface area contributed by atoms with Gasteiger partial charge in [-0.1, -0.05) is 43.0 Å². The number of aryl methyl sites for hydroxylation is 1. The van der Waals surface area contributed by atoms with Gasteiger partial charge in [-0.2, -0.15) is 0 Å². The Morgan fingerprint density at radius 2 is 2.15 bits per heavy atom. The fourth-order valence-electron chi connectivity index (χ4n) is 1.21. The van der Waals surface area contributed by atoms with E-state index in [4.69, 9.17) is 4.74 Å². The van der Waals surface area contributed by atoms with Crippen LogP contribution < -0.4 is 0 Å². The summed E-state index contributed by atoms with van der Waals surface area (Å²) >= 11 is 0. The molecule has 0 N–H and O–H groups in total. The number of hydrogen-bond donors (Lipinski definition) is 0. The van der Waals surface area contributed by atoms with Crippen LogP contribution in [0.2, 0.25) is 0 Å². The van der Waals surface area contributed by atoms with E-state index in [0.29, 0.717) is 5.76 Å². The average molecular weight is 174 g/mol. The highest BCUT2D eigenvalue weighted by Gasteiger charge is 2.02. The highest BCUT2D eigenvalue weighted by atomic mass is 16.5. The van der Waals surface area contributed by atoms with Crippen LogP contribution in [0.3, 0.4) is 0 Å². The highest BCUT2D eigenvalue weighted by Crippen LogP contribution is 2.20. The van der Waals surface area contributed by atoms with Gasteiger partial charge in [-0.3, -0.25) is 0 Å². The minimum absolute atomic E-state index is 0.676. The molecule has 1 aromatic carbocycles. The normalized spacial score (nSPS) is 9.38. The first-order valence-electron chi connectivity index (χ1n) is 4.15. The van der Waals surface area contributed by atoms with Crippen molar-refractivity contribution >= 4 is 11.8 Å². The van der Waals surface area contributed by atoms with Crippen molar-refractivity contribution in [2.75, 3.05) is 7.11 Å². The Kier molecular flexibility index (Phi) is 2.91. The van der Waals surface area contributed by atoms with Gasteiger partial charge in [0.1, 0.15) is 5.76 Å². The summed E-state index contributed by atoms with van der Waals surface area (Å²) in [6.45, 7) is 9.61. The first kappa shape index (κ1) is 9.59. The van der Waals surface area contributed by atoms with Gasteiger partial charge in [0.2, 0.25) is 0 Å². The minimum atomic E-state index is 0.676. The molecular formula is C12H14O. The summed E-state index contributed by atoms with van der Waals surface area (Å²) in [4.78, 5) is 0. The van der Waals surface area contributed by atoms with Gasteiger partial charge in [-0.05, 0) is 12.5 Å². The molecule has 0 saturated heterocycles. The van der Waals surface area contributed by atoms with E-state index in [2.05, 4.69) is 19.2 Å². The van der Waals surface area contributed by atoms with Crippen molar-refractivity contribution in [2.24, 2.45) is 0 Å². The summed E-state index contributed by atoms with van der Waals surface area (Å²) in [5.74, 6) is 0.676. The van der Waals surface area contributed by atoms with Crippen LogP contribution in [0, 0.1) is 6.92 Å². The van der Waals surface area contributed by atoms with E-state index < -0.39 is 0 Å². The minimum Gasteiger partial charge on any atom is -0.497 e. The van der Waals surface area contributed by atoms with Crippen LogP contribution in [-0.2, 0) is 4.74 Å². The van der Waals surface area contributed by atoms with Crippen LogP contribution in [0.25, 0.3) is 11.8 Å². The fraction of sp³-hybridized carbons (Fsp3) is 0.167. The maximum absolute atomic E-state index is 5.08. The Labute approximate surface area is 79.4 Å². The predicted octanol–water partition coefficient (Wildman–Crippen LogP) is 3.26. The molecule has 0 bridgehead atoms. The third-order valence-corrected chi connectivity index (χ3v) is 1.97. The maximum Gasteiger partial charge on any atom is 0.119 e. The van der Waals surface area contributed by atoms with Gasteiger partial charge in [0.15, 0.2) is 0 Å². The number of rotatable bonds is 3. The van der Waals surface area contributed by atoms with Crippen LogP contribution in [-0.4, -0.2) is 7.11 Å². The van der Waals surface area contributed by atoms with Gasteiger partial charge in [0.05, 0.1) is 7.11 Å². The molecule has 0 fully saturated rings. The quantitative estimate of drug-likeness (QED) is 0.639. The molecule has 0 heterocycles. The van der Waals surface area contributed by atoms with E-state index in [-0.39, 0.29) is 0 Å². The largest absolute Gasteiger partial charge is 0.497 e. The number of benzene rings is 1. The molecule has 0 atom stereocenters. The van der Waals surface area contributed by atoms with Crippen molar-refractivity contribution in [1.82, 2.24) is 0 Å². The molecule has 0 unspecified atom stereocenters. The summed E-state index contributed by atoms with van der Waals surface area (Å²) in [5, 5.41) is 0. The average Bonchev–Trinajstić information content (AvgIpc) is 2.16. The zero-order valence-electron chi connectivity index (χ0n) is 8.13. The molecule has 1 aromatic rings. The molecule has 0 aliphatic rings. The summed E-state index contributed by atoms with van der Waals surface area (Å²) < 4.78 is 5.08. The van der Waals surface area contributed by atoms with Crippen molar-refractivity contribution in [3.63, 3.8) is 0 Å². The number of ether oxygens (including phenoxy) is 1. The maximum atomic E-state index is 5.08. The molecule has 0 amide bonds. The van der Waals surface area contributed by atoms with E-state index in [1.165, 1.54) is 5.56 Å². The smallest absolute Gasteiger partial charge is 0.119 e. The molecule has 1 rings (SSSR count). The lowest BCUT2D eigenvalue weighted by Crippen LogP contribution is -1.90. The van der Waals surface area contributed by atoms with E-state index in [1.54, 1.807) is 7.11 Å². The molecule has 68 valence electrons. The zero-order chi connectivity index (χ0) is 9.84. The predicted molar refractivity (Wildman–Crippen MR) is 57.3 cm³/mol. The van der Waals surface area contributed by atoms with Crippen LogP contribution >= 0.6 is 0 Å². The molecule has 0 radical (unpaired) electrons. The second kappa shape index (κ2) is 3.94. The topological polar surface area (TPSA) is 9.23 Å². The van der Waals surface area contributed by atoms with Gasteiger partial charge in [0.25, 0.3) is 0 Å².